The number of aromatic nitrogens is 3. The Balaban J connectivity index is 1.48. The molecule has 1 aliphatic heterocycles. The highest BCUT2D eigenvalue weighted by Gasteiger charge is 2.36. The van der Waals surface area contributed by atoms with Gasteiger partial charge in [-0.15, -0.1) is 0 Å². The Kier molecular flexibility index (Phi) is 7.43. The molecule has 0 radical (unpaired) electrons. The minimum absolute atomic E-state index is 0.0281. The number of fused-ring (bicyclic) bond motifs is 1. The Labute approximate surface area is 231 Å². The molecule has 0 saturated carbocycles. The zero-order valence-corrected chi connectivity index (χ0v) is 22.4. The van der Waals surface area contributed by atoms with Crippen LogP contribution >= 0.6 is 11.3 Å². The van der Waals surface area contributed by atoms with Crippen molar-refractivity contribution in [2.45, 2.75) is 44.8 Å². The first-order valence-electron chi connectivity index (χ1n) is 12.5. The highest BCUT2D eigenvalue weighted by atomic mass is 32.1. The fourth-order valence-corrected chi connectivity index (χ4v) is 5.35. The molecular weight excluding hydrogens is 545 g/mol. The molecule has 1 atom stereocenters. The molecule has 9 nitrogen and oxygen atoms in total. The molecule has 1 aliphatic rings. The van der Waals surface area contributed by atoms with Crippen LogP contribution in [0.1, 0.15) is 38.7 Å². The maximum Gasteiger partial charge on any atom is 0.416 e. The van der Waals surface area contributed by atoms with Crippen molar-refractivity contribution in [3.05, 3.63) is 54.4 Å². The van der Waals surface area contributed by atoms with Crippen LogP contribution in [0.2, 0.25) is 0 Å². The van der Waals surface area contributed by atoms with Gasteiger partial charge >= 0.3 is 6.18 Å². The number of carbonyl (C=O) groups excluding carboxylic acids is 2. The van der Waals surface area contributed by atoms with Gasteiger partial charge in [0.25, 0.3) is 0 Å². The molecule has 40 heavy (non-hydrogen) atoms. The molecule has 1 saturated heterocycles. The van der Waals surface area contributed by atoms with Crippen molar-refractivity contribution in [2.24, 2.45) is 0 Å². The predicted octanol–water partition coefficient (Wildman–Crippen LogP) is 5.99. The number of benzene rings is 2. The van der Waals surface area contributed by atoms with Crippen LogP contribution in [0.25, 0.3) is 21.5 Å². The zero-order valence-electron chi connectivity index (χ0n) is 21.6. The zero-order chi connectivity index (χ0) is 28.5. The summed E-state index contributed by atoms with van der Waals surface area (Å²) in [4.78, 5) is 37.4. The van der Waals surface area contributed by atoms with Crippen molar-refractivity contribution in [3.63, 3.8) is 0 Å². The summed E-state index contributed by atoms with van der Waals surface area (Å²) in [6.45, 7) is 3.77. The van der Waals surface area contributed by atoms with E-state index in [1.54, 1.807) is 19.1 Å². The van der Waals surface area contributed by atoms with Crippen molar-refractivity contribution in [3.8, 4) is 22.9 Å². The third-order valence-corrected chi connectivity index (χ3v) is 7.45. The van der Waals surface area contributed by atoms with Crippen LogP contribution < -0.4 is 20.7 Å². The quantitative estimate of drug-likeness (QED) is 0.261. The SMILES string of the molecule is CC(=O)Nc1nc2c(Oc3cc(-c4ccc(C(F)(F)F)cc4NC(=O)C4(C)CCCCN4)ncn3)cccc2s1. The van der Waals surface area contributed by atoms with E-state index in [0.717, 1.165) is 29.7 Å². The molecule has 2 amide bonds. The number of alkyl halides is 3. The molecule has 2 aromatic heterocycles. The first-order chi connectivity index (χ1) is 19.0. The summed E-state index contributed by atoms with van der Waals surface area (Å²) in [5.74, 6) is -0.199. The number of para-hydroxylation sites is 1. The third kappa shape index (κ3) is 5.89. The van der Waals surface area contributed by atoms with Crippen LogP contribution in [-0.2, 0) is 15.8 Å². The molecule has 4 aromatic rings. The summed E-state index contributed by atoms with van der Waals surface area (Å²) in [5, 5.41) is 8.93. The van der Waals surface area contributed by atoms with Gasteiger partial charge in [0.2, 0.25) is 17.7 Å². The summed E-state index contributed by atoms with van der Waals surface area (Å²) in [7, 11) is 0. The first kappa shape index (κ1) is 27.5. The van der Waals surface area contributed by atoms with Crippen molar-refractivity contribution < 1.29 is 27.5 Å². The van der Waals surface area contributed by atoms with E-state index >= 15 is 0 Å². The lowest BCUT2D eigenvalue weighted by molar-refractivity contribution is -0.137. The summed E-state index contributed by atoms with van der Waals surface area (Å²) in [6, 6.07) is 9.85. The van der Waals surface area contributed by atoms with Crippen molar-refractivity contribution >= 4 is 44.2 Å². The normalized spacial score (nSPS) is 17.4. The van der Waals surface area contributed by atoms with Gasteiger partial charge in [-0.2, -0.15) is 13.2 Å². The van der Waals surface area contributed by atoms with E-state index in [4.69, 9.17) is 4.74 Å². The Morgan fingerprint density at radius 3 is 2.65 bits per heavy atom. The van der Waals surface area contributed by atoms with E-state index in [1.165, 1.54) is 36.7 Å². The van der Waals surface area contributed by atoms with Crippen LogP contribution in [0.3, 0.4) is 0 Å². The molecule has 1 fully saturated rings. The van der Waals surface area contributed by atoms with E-state index in [-0.39, 0.29) is 28.7 Å². The average molecular weight is 571 g/mol. The van der Waals surface area contributed by atoms with Gasteiger partial charge in [-0.25, -0.2) is 15.0 Å². The second-order valence-corrected chi connectivity index (χ2v) is 10.6. The lowest BCUT2D eigenvalue weighted by Gasteiger charge is -2.33. The number of hydrogen-bond donors (Lipinski definition) is 3. The number of nitrogens with zero attached hydrogens (tertiary/aromatic N) is 3. The number of thiazole rings is 1. The summed E-state index contributed by atoms with van der Waals surface area (Å²) in [6.07, 6.45) is -1.07. The predicted molar refractivity (Wildman–Crippen MR) is 145 cm³/mol. The number of hydrogen-bond acceptors (Lipinski definition) is 8. The first-order valence-corrected chi connectivity index (χ1v) is 13.3. The highest BCUT2D eigenvalue weighted by molar-refractivity contribution is 7.22. The van der Waals surface area contributed by atoms with Gasteiger partial charge in [0.1, 0.15) is 11.8 Å². The smallest absolute Gasteiger partial charge is 0.416 e. The molecule has 208 valence electrons. The van der Waals surface area contributed by atoms with Gasteiger partial charge in [-0.3, -0.25) is 9.59 Å². The summed E-state index contributed by atoms with van der Waals surface area (Å²) < 4.78 is 47.5. The number of halogens is 3. The van der Waals surface area contributed by atoms with Crippen LogP contribution in [0.15, 0.2) is 48.8 Å². The maximum atomic E-state index is 13.6. The number of rotatable bonds is 6. The molecule has 0 spiro atoms. The monoisotopic (exact) mass is 570 g/mol. The second-order valence-electron chi connectivity index (χ2n) is 9.57. The van der Waals surface area contributed by atoms with E-state index < -0.39 is 23.2 Å². The minimum Gasteiger partial charge on any atom is -0.437 e. The van der Waals surface area contributed by atoms with Crippen LogP contribution in [0.5, 0.6) is 11.6 Å². The number of anilines is 2. The van der Waals surface area contributed by atoms with E-state index in [9.17, 15) is 22.8 Å². The van der Waals surface area contributed by atoms with Crippen LogP contribution in [0.4, 0.5) is 24.0 Å². The van der Waals surface area contributed by atoms with Gasteiger partial charge in [0.05, 0.1) is 27.2 Å². The summed E-state index contributed by atoms with van der Waals surface area (Å²) in [5.41, 5.74) is -0.810. The fourth-order valence-electron chi connectivity index (χ4n) is 4.42. The number of ether oxygens (including phenoxy) is 1. The number of nitrogens with one attached hydrogen (secondary N) is 3. The fraction of sp³-hybridized carbons (Fsp3) is 0.296. The Hall–Kier alpha value is -4.10. The van der Waals surface area contributed by atoms with Crippen LogP contribution in [-0.4, -0.2) is 38.8 Å². The molecule has 3 heterocycles. The van der Waals surface area contributed by atoms with Crippen molar-refractivity contribution in [1.29, 1.82) is 0 Å². The van der Waals surface area contributed by atoms with Crippen LogP contribution in [0, 0.1) is 0 Å². The molecule has 2 aromatic carbocycles. The van der Waals surface area contributed by atoms with Gasteiger partial charge in [0.15, 0.2) is 10.9 Å². The summed E-state index contributed by atoms with van der Waals surface area (Å²) >= 11 is 1.28. The standard InChI is InChI=1S/C27H25F3N6O3S/c1-15(37)34-25-36-23-20(6-5-7-21(23)40-25)39-22-13-18(31-14-32-22)17-9-8-16(27(28,29)30)12-19(17)35-24(38)26(2)10-3-4-11-33-26/h5-9,12-14,33H,3-4,10-11H2,1-2H3,(H,35,38)(H,34,36,37). The van der Waals surface area contributed by atoms with Crippen molar-refractivity contribution in [1.82, 2.24) is 20.3 Å². The third-order valence-electron chi connectivity index (χ3n) is 6.51. The Bertz CT molecular complexity index is 1580. The number of amides is 2. The molecule has 1 unspecified atom stereocenters. The molecule has 13 heteroatoms. The minimum atomic E-state index is -4.60. The second kappa shape index (κ2) is 10.8. The molecular formula is C27H25F3N6O3S. The largest absolute Gasteiger partial charge is 0.437 e. The van der Waals surface area contributed by atoms with E-state index in [1.807, 2.05) is 6.07 Å². The lowest BCUT2D eigenvalue weighted by atomic mass is 9.90. The Morgan fingerprint density at radius 2 is 1.93 bits per heavy atom. The number of piperidine rings is 1. The van der Waals surface area contributed by atoms with E-state index in [2.05, 4.69) is 30.9 Å². The van der Waals surface area contributed by atoms with Gasteiger partial charge in [-0.1, -0.05) is 23.5 Å². The topological polar surface area (TPSA) is 118 Å². The molecule has 0 bridgehead atoms. The van der Waals surface area contributed by atoms with Crippen molar-refractivity contribution in [2.75, 3.05) is 17.2 Å². The van der Waals surface area contributed by atoms with Gasteiger partial charge < -0.3 is 20.7 Å². The average Bonchev–Trinajstić information content (AvgIpc) is 3.31. The molecule has 3 N–H and O–H groups in total. The number of carbonyl (C=O) groups is 2. The highest BCUT2D eigenvalue weighted by Crippen LogP contribution is 2.38. The molecule has 0 aliphatic carbocycles. The lowest BCUT2D eigenvalue weighted by Crippen LogP contribution is -2.54. The Morgan fingerprint density at radius 1 is 1.10 bits per heavy atom. The maximum absolute atomic E-state index is 13.6. The van der Waals surface area contributed by atoms with Gasteiger partial charge in [0, 0.05) is 18.6 Å². The van der Waals surface area contributed by atoms with Gasteiger partial charge in [-0.05, 0) is 57.0 Å². The molecule has 5 rings (SSSR count). The van der Waals surface area contributed by atoms with E-state index in [0.29, 0.717) is 29.4 Å².